The number of carboxylic acids is 1. The molecule has 5 nitrogen and oxygen atoms in total. The summed E-state index contributed by atoms with van der Waals surface area (Å²) in [6.07, 6.45) is 3.84. The molecule has 1 fully saturated rings. The molecule has 0 unspecified atom stereocenters. The number of hydrogen-bond acceptors (Lipinski definition) is 4. The van der Waals surface area contributed by atoms with Crippen LogP contribution in [0.5, 0.6) is 11.5 Å². The van der Waals surface area contributed by atoms with Crippen LogP contribution in [0.4, 0.5) is 0 Å². The zero-order chi connectivity index (χ0) is 15.6. The Morgan fingerprint density at radius 1 is 1.41 bits per heavy atom. The fraction of sp³-hybridized carbons (Fsp3) is 0.471. The summed E-state index contributed by atoms with van der Waals surface area (Å²) in [4.78, 5) is 13.9. The van der Waals surface area contributed by atoms with E-state index in [4.69, 9.17) is 9.47 Å². The van der Waals surface area contributed by atoms with Gasteiger partial charge < -0.3 is 14.6 Å². The quantitative estimate of drug-likeness (QED) is 0.847. The Hall–Kier alpha value is -2.01. The summed E-state index contributed by atoms with van der Waals surface area (Å²) in [7, 11) is 0. The van der Waals surface area contributed by atoms with Crippen molar-refractivity contribution in [3.8, 4) is 11.5 Å². The van der Waals surface area contributed by atoms with Crippen LogP contribution in [0.2, 0.25) is 0 Å². The molecule has 22 heavy (non-hydrogen) atoms. The third kappa shape index (κ3) is 2.81. The predicted molar refractivity (Wildman–Crippen MR) is 82.0 cm³/mol. The average molecular weight is 303 g/mol. The Morgan fingerprint density at radius 2 is 2.23 bits per heavy atom. The zero-order valence-electron chi connectivity index (χ0n) is 12.6. The van der Waals surface area contributed by atoms with E-state index in [1.54, 1.807) is 6.08 Å². The molecule has 1 saturated heterocycles. The third-order valence-electron chi connectivity index (χ3n) is 4.49. The van der Waals surface area contributed by atoms with Crippen molar-refractivity contribution in [1.82, 2.24) is 4.90 Å². The van der Waals surface area contributed by atoms with Crippen molar-refractivity contribution in [2.75, 3.05) is 19.9 Å². The van der Waals surface area contributed by atoms with Gasteiger partial charge in [0.1, 0.15) is 0 Å². The van der Waals surface area contributed by atoms with E-state index in [-0.39, 0.29) is 6.79 Å². The van der Waals surface area contributed by atoms with Gasteiger partial charge >= 0.3 is 5.97 Å². The maximum atomic E-state index is 11.7. The highest BCUT2D eigenvalue weighted by Crippen LogP contribution is 2.36. The van der Waals surface area contributed by atoms with E-state index in [9.17, 15) is 9.90 Å². The van der Waals surface area contributed by atoms with Gasteiger partial charge in [-0.25, -0.2) is 0 Å². The highest BCUT2D eigenvalue weighted by atomic mass is 16.7. The van der Waals surface area contributed by atoms with Crippen molar-refractivity contribution in [1.29, 1.82) is 0 Å². The molecule has 1 aromatic rings. The number of carbonyl (C=O) groups is 1. The van der Waals surface area contributed by atoms with E-state index in [2.05, 4.69) is 11.5 Å². The molecular weight excluding hydrogens is 282 g/mol. The number of nitrogens with zero attached hydrogens (tertiary/aromatic N) is 1. The number of rotatable bonds is 5. The van der Waals surface area contributed by atoms with Gasteiger partial charge in [-0.15, -0.1) is 6.58 Å². The summed E-state index contributed by atoms with van der Waals surface area (Å²) in [5.41, 5.74) is 0.417. The van der Waals surface area contributed by atoms with Crippen LogP contribution in [0.15, 0.2) is 30.9 Å². The summed E-state index contributed by atoms with van der Waals surface area (Å²) < 4.78 is 10.7. The minimum absolute atomic E-state index is 0.268. The topological polar surface area (TPSA) is 59.0 Å². The first-order valence-electron chi connectivity index (χ1n) is 7.58. The lowest BCUT2D eigenvalue weighted by atomic mass is 9.77. The first kappa shape index (κ1) is 14.9. The molecule has 1 aromatic carbocycles. The summed E-state index contributed by atoms with van der Waals surface area (Å²) in [5.74, 6) is 0.821. The SMILES string of the molecule is C=CC[C@]1(C(=O)O)CCCN(Cc2ccc3c(c2)OCO3)C1. The lowest BCUT2D eigenvalue weighted by Crippen LogP contribution is -2.47. The van der Waals surface area contributed by atoms with Crippen LogP contribution >= 0.6 is 0 Å². The Labute approximate surface area is 130 Å². The van der Waals surface area contributed by atoms with Gasteiger partial charge in [0.25, 0.3) is 0 Å². The molecule has 0 aromatic heterocycles. The van der Waals surface area contributed by atoms with Crippen molar-refractivity contribution >= 4 is 5.97 Å². The van der Waals surface area contributed by atoms with E-state index in [1.165, 1.54) is 0 Å². The van der Waals surface area contributed by atoms with Crippen LogP contribution in [-0.4, -0.2) is 35.9 Å². The predicted octanol–water partition coefficient (Wildman–Crippen LogP) is 2.66. The lowest BCUT2D eigenvalue weighted by molar-refractivity contribution is -0.152. The van der Waals surface area contributed by atoms with Crippen LogP contribution in [0.3, 0.4) is 0 Å². The minimum atomic E-state index is -0.720. The van der Waals surface area contributed by atoms with E-state index in [0.717, 1.165) is 36.6 Å². The largest absolute Gasteiger partial charge is 0.481 e. The Morgan fingerprint density at radius 3 is 3.00 bits per heavy atom. The number of allylic oxidation sites excluding steroid dienone is 1. The van der Waals surface area contributed by atoms with E-state index in [1.807, 2.05) is 18.2 Å². The molecule has 1 N–H and O–H groups in total. The number of piperidine rings is 1. The zero-order valence-corrected chi connectivity index (χ0v) is 12.6. The molecule has 2 aliphatic heterocycles. The number of carboxylic acid groups (broad SMARTS) is 1. The van der Waals surface area contributed by atoms with Gasteiger partial charge in [-0.05, 0) is 43.5 Å². The second kappa shape index (κ2) is 6.01. The van der Waals surface area contributed by atoms with Crippen LogP contribution in [0.1, 0.15) is 24.8 Å². The molecule has 118 valence electrons. The first-order valence-corrected chi connectivity index (χ1v) is 7.58. The van der Waals surface area contributed by atoms with Gasteiger partial charge in [0.15, 0.2) is 11.5 Å². The third-order valence-corrected chi connectivity index (χ3v) is 4.49. The molecule has 5 heteroatoms. The number of benzene rings is 1. The summed E-state index contributed by atoms with van der Waals surface area (Å²) >= 11 is 0. The summed E-state index contributed by atoms with van der Waals surface area (Å²) in [6, 6.07) is 5.90. The van der Waals surface area contributed by atoms with Gasteiger partial charge in [-0.3, -0.25) is 9.69 Å². The van der Waals surface area contributed by atoms with Crippen molar-refractivity contribution in [3.05, 3.63) is 36.4 Å². The molecule has 0 amide bonds. The van der Waals surface area contributed by atoms with Crippen LogP contribution < -0.4 is 9.47 Å². The number of ether oxygens (including phenoxy) is 2. The summed E-state index contributed by atoms with van der Waals surface area (Å²) in [6.45, 7) is 6.19. The fourth-order valence-electron chi connectivity index (χ4n) is 3.36. The van der Waals surface area contributed by atoms with Crippen molar-refractivity contribution in [3.63, 3.8) is 0 Å². The second-order valence-electron chi connectivity index (χ2n) is 6.08. The Bertz CT molecular complexity index is 586. The minimum Gasteiger partial charge on any atom is -0.481 e. The van der Waals surface area contributed by atoms with Crippen molar-refractivity contribution in [2.24, 2.45) is 5.41 Å². The van der Waals surface area contributed by atoms with E-state index >= 15 is 0 Å². The molecule has 0 bridgehead atoms. The van der Waals surface area contributed by atoms with Gasteiger partial charge in [0, 0.05) is 13.1 Å². The van der Waals surface area contributed by atoms with Crippen LogP contribution in [0, 0.1) is 5.41 Å². The molecule has 3 rings (SSSR count). The van der Waals surface area contributed by atoms with Gasteiger partial charge in [-0.1, -0.05) is 12.1 Å². The maximum absolute atomic E-state index is 11.7. The Balaban J connectivity index is 1.72. The molecule has 0 saturated carbocycles. The molecule has 0 spiro atoms. The van der Waals surface area contributed by atoms with Gasteiger partial charge in [-0.2, -0.15) is 0 Å². The van der Waals surface area contributed by atoms with E-state index < -0.39 is 11.4 Å². The number of likely N-dealkylation sites (tertiary alicyclic amines) is 1. The number of hydrogen-bond donors (Lipinski definition) is 1. The van der Waals surface area contributed by atoms with Gasteiger partial charge in [0.2, 0.25) is 6.79 Å². The van der Waals surface area contributed by atoms with Crippen molar-refractivity contribution in [2.45, 2.75) is 25.8 Å². The highest BCUT2D eigenvalue weighted by molar-refractivity contribution is 5.75. The van der Waals surface area contributed by atoms with E-state index in [0.29, 0.717) is 19.4 Å². The second-order valence-corrected chi connectivity index (χ2v) is 6.08. The van der Waals surface area contributed by atoms with Crippen LogP contribution in [0.25, 0.3) is 0 Å². The standard InChI is InChI=1S/C17H21NO4/c1-2-6-17(16(19)20)7-3-8-18(11-17)10-13-4-5-14-15(9-13)22-12-21-14/h2,4-5,9H,1,3,6-8,10-12H2,(H,19,20)/t17-/m0/s1. The molecule has 0 aliphatic carbocycles. The van der Waals surface area contributed by atoms with Crippen molar-refractivity contribution < 1.29 is 19.4 Å². The van der Waals surface area contributed by atoms with Gasteiger partial charge in [0.05, 0.1) is 5.41 Å². The highest BCUT2D eigenvalue weighted by Gasteiger charge is 2.41. The monoisotopic (exact) mass is 303 g/mol. The maximum Gasteiger partial charge on any atom is 0.311 e. The molecule has 1 atom stereocenters. The smallest absolute Gasteiger partial charge is 0.311 e. The number of aliphatic carboxylic acids is 1. The average Bonchev–Trinajstić information content (AvgIpc) is 2.95. The normalized spacial score (nSPS) is 24.2. The molecular formula is C17H21NO4. The Kier molecular flexibility index (Phi) is 4.07. The number of fused-ring (bicyclic) bond motifs is 1. The van der Waals surface area contributed by atoms with Crippen LogP contribution in [-0.2, 0) is 11.3 Å². The molecule has 0 radical (unpaired) electrons. The fourth-order valence-corrected chi connectivity index (χ4v) is 3.36. The molecule has 2 heterocycles. The first-order chi connectivity index (χ1) is 10.6. The molecule has 2 aliphatic rings. The lowest BCUT2D eigenvalue weighted by Gasteiger charge is -2.39. The summed E-state index contributed by atoms with van der Waals surface area (Å²) in [5, 5.41) is 9.62.